The highest BCUT2D eigenvalue weighted by atomic mass is 32.1. The lowest BCUT2D eigenvalue weighted by Crippen LogP contribution is -2.37. The van der Waals surface area contributed by atoms with Crippen molar-refractivity contribution in [3.05, 3.63) is 29.8 Å². The van der Waals surface area contributed by atoms with Crippen molar-refractivity contribution in [1.82, 2.24) is 5.32 Å². The molecule has 0 aliphatic heterocycles. The molecule has 1 aromatic carbocycles. The lowest BCUT2D eigenvalue weighted by atomic mass is 9.87. The fraction of sp³-hybridized carbons (Fsp3) is 0.385. The summed E-state index contributed by atoms with van der Waals surface area (Å²) < 4.78 is 5.31. The minimum absolute atomic E-state index is 0.0494. The molecule has 0 bridgehead atoms. The van der Waals surface area contributed by atoms with E-state index in [4.69, 9.17) is 10.5 Å². The van der Waals surface area contributed by atoms with E-state index in [2.05, 4.69) is 38.3 Å². The molecule has 5 heteroatoms. The van der Waals surface area contributed by atoms with Crippen molar-refractivity contribution in [3.63, 3.8) is 0 Å². The van der Waals surface area contributed by atoms with E-state index in [1.807, 2.05) is 24.3 Å². The molecule has 1 amide bonds. The normalized spacial score (nSPS) is 10.8. The zero-order chi connectivity index (χ0) is 13.8. The van der Waals surface area contributed by atoms with Crippen LogP contribution in [0.1, 0.15) is 26.3 Å². The first-order valence-corrected chi connectivity index (χ1v) is 6.02. The highest BCUT2D eigenvalue weighted by Gasteiger charge is 2.13. The summed E-state index contributed by atoms with van der Waals surface area (Å²) in [4.78, 5) is 11.2. The molecule has 0 aromatic heterocycles. The van der Waals surface area contributed by atoms with E-state index in [1.165, 1.54) is 5.56 Å². The monoisotopic (exact) mass is 266 g/mol. The summed E-state index contributed by atoms with van der Waals surface area (Å²) in [7, 11) is 0. The Morgan fingerprint density at radius 1 is 1.33 bits per heavy atom. The molecule has 0 fully saturated rings. The van der Waals surface area contributed by atoms with Crippen LogP contribution in [0.4, 0.5) is 0 Å². The average Bonchev–Trinajstić information content (AvgIpc) is 2.25. The zero-order valence-electron chi connectivity index (χ0n) is 10.8. The molecule has 1 aromatic rings. The predicted molar refractivity (Wildman–Crippen MR) is 75.6 cm³/mol. The quantitative estimate of drug-likeness (QED) is 0.818. The maximum atomic E-state index is 11.2. The SMILES string of the molecule is CC(C)(C)c1ccc(OCC(=O)NC(N)=S)cc1. The van der Waals surface area contributed by atoms with Gasteiger partial charge < -0.3 is 15.8 Å². The van der Waals surface area contributed by atoms with Gasteiger partial charge >= 0.3 is 0 Å². The molecule has 0 spiro atoms. The summed E-state index contributed by atoms with van der Waals surface area (Å²) in [6.45, 7) is 6.31. The average molecular weight is 266 g/mol. The fourth-order valence-corrected chi connectivity index (χ4v) is 1.49. The third-order valence-electron chi connectivity index (χ3n) is 2.35. The molecule has 0 unspecified atom stereocenters. The van der Waals surface area contributed by atoms with Gasteiger partial charge in [0.25, 0.3) is 5.91 Å². The Hall–Kier alpha value is -1.62. The van der Waals surface area contributed by atoms with Crippen LogP contribution in [0.25, 0.3) is 0 Å². The van der Waals surface area contributed by atoms with Crippen molar-refractivity contribution in [1.29, 1.82) is 0 Å². The molecule has 0 atom stereocenters. The topological polar surface area (TPSA) is 64.3 Å². The highest BCUT2D eigenvalue weighted by Crippen LogP contribution is 2.24. The van der Waals surface area contributed by atoms with Crippen LogP contribution in [0.2, 0.25) is 0 Å². The summed E-state index contributed by atoms with van der Waals surface area (Å²) in [5.74, 6) is 0.281. The number of nitrogens with two attached hydrogens (primary N) is 1. The molecule has 4 nitrogen and oxygen atoms in total. The maximum Gasteiger partial charge on any atom is 0.264 e. The first-order valence-electron chi connectivity index (χ1n) is 5.61. The van der Waals surface area contributed by atoms with Gasteiger partial charge in [0.1, 0.15) is 5.75 Å². The second-order valence-electron chi connectivity index (χ2n) is 4.98. The Morgan fingerprint density at radius 2 is 1.89 bits per heavy atom. The smallest absolute Gasteiger partial charge is 0.264 e. The Bertz CT molecular complexity index is 435. The van der Waals surface area contributed by atoms with Crippen molar-refractivity contribution < 1.29 is 9.53 Å². The Kier molecular flexibility index (Phi) is 4.67. The molecule has 18 heavy (non-hydrogen) atoms. The third kappa shape index (κ3) is 4.71. The molecule has 1 rings (SSSR count). The van der Waals surface area contributed by atoms with Gasteiger partial charge in [-0.2, -0.15) is 0 Å². The summed E-state index contributed by atoms with van der Waals surface area (Å²) in [5, 5.41) is 2.24. The van der Waals surface area contributed by atoms with Gasteiger partial charge in [-0.3, -0.25) is 4.79 Å². The molecule has 98 valence electrons. The number of nitrogens with one attached hydrogen (secondary N) is 1. The largest absolute Gasteiger partial charge is 0.484 e. The van der Waals surface area contributed by atoms with Crippen LogP contribution in [0.15, 0.2) is 24.3 Å². The molecular formula is C13H18N2O2S. The Morgan fingerprint density at radius 3 is 2.33 bits per heavy atom. The van der Waals surface area contributed by atoms with Crippen molar-refractivity contribution in [2.75, 3.05) is 6.61 Å². The summed E-state index contributed by atoms with van der Waals surface area (Å²) in [6, 6.07) is 7.66. The highest BCUT2D eigenvalue weighted by molar-refractivity contribution is 7.80. The van der Waals surface area contributed by atoms with E-state index in [0.29, 0.717) is 5.75 Å². The first-order chi connectivity index (χ1) is 8.29. The first kappa shape index (κ1) is 14.4. The fourth-order valence-electron chi connectivity index (χ4n) is 1.37. The Balaban J connectivity index is 2.54. The van der Waals surface area contributed by atoms with Crippen LogP contribution < -0.4 is 15.8 Å². The summed E-state index contributed by atoms with van der Waals surface area (Å²) in [6.07, 6.45) is 0. The van der Waals surface area contributed by atoms with Gasteiger partial charge in [0, 0.05) is 0 Å². The molecule has 0 aliphatic rings. The Labute approximate surface area is 113 Å². The lowest BCUT2D eigenvalue weighted by molar-refractivity contribution is -0.121. The molecule has 0 saturated heterocycles. The predicted octanol–water partition coefficient (Wildman–Crippen LogP) is 1.72. The van der Waals surface area contributed by atoms with Gasteiger partial charge in [-0.05, 0) is 35.3 Å². The van der Waals surface area contributed by atoms with Crippen LogP contribution in [0.3, 0.4) is 0 Å². The number of thiocarbonyl (C=S) groups is 1. The number of hydrogen-bond acceptors (Lipinski definition) is 3. The molecule has 0 heterocycles. The third-order valence-corrected chi connectivity index (χ3v) is 2.45. The molecule has 0 saturated carbocycles. The van der Waals surface area contributed by atoms with Crippen molar-refractivity contribution in [2.24, 2.45) is 5.73 Å². The van der Waals surface area contributed by atoms with E-state index in [1.54, 1.807) is 0 Å². The van der Waals surface area contributed by atoms with Crippen LogP contribution in [0.5, 0.6) is 5.75 Å². The molecular weight excluding hydrogens is 248 g/mol. The van der Waals surface area contributed by atoms with Crippen molar-refractivity contribution in [3.8, 4) is 5.75 Å². The van der Waals surface area contributed by atoms with Crippen LogP contribution in [-0.4, -0.2) is 17.6 Å². The van der Waals surface area contributed by atoms with Gasteiger partial charge in [0.15, 0.2) is 11.7 Å². The zero-order valence-corrected chi connectivity index (χ0v) is 11.6. The van der Waals surface area contributed by atoms with Gasteiger partial charge in [-0.1, -0.05) is 32.9 Å². The molecule has 0 aliphatic carbocycles. The minimum atomic E-state index is -0.359. The summed E-state index contributed by atoms with van der Waals surface area (Å²) in [5.41, 5.74) is 6.48. The number of carbonyl (C=O) groups excluding carboxylic acids is 1. The number of carbonyl (C=O) groups is 1. The number of rotatable bonds is 3. The lowest BCUT2D eigenvalue weighted by Gasteiger charge is -2.19. The van der Waals surface area contributed by atoms with E-state index in [0.717, 1.165) is 0 Å². The number of hydrogen-bond donors (Lipinski definition) is 2. The second kappa shape index (κ2) is 5.82. The summed E-state index contributed by atoms with van der Waals surface area (Å²) >= 11 is 4.55. The van der Waals surface area contributed by atoms with Crippen LogP contribution >= 0.6 is 12.2 Å². The number of amides is 1. The van der Waals surface area contributed by atoms with E-state index < -0.39 is 0 Å². The van der Waals surface area contributed by atoms with Gasteiger partial charge in [0.05, 0.1) is 0 Å². The van der Waals surface area contributed by atoms with Gasteiger partial charge in [-0.15, -0.1) is 0 Å². The van der Waals surface area contributed by atoms with Crippen LogP contribution in [0, 0.1) is 0 Å². The number of ether oxygens (including phenoxy) is 1. The van der Waals surface area contributed by atoms with Crippen molar-refractivity contribution >= 4 is 23.2 Å². The second-order valence-corrected chi connectivity index (χ2v) is 5.42. The minimum Gasteiger partial charge on any atom is -0.484 e. The van der Waals surface area contributed by atoms with Crippen LogP contribution in [-0.2, 0) is 10.2 Å². The number of benzene rings is 1. The van der Waals surface area contributed by atoms with E-state index >= 15 is 0 Å². The van der Waals surface area contributed by atoms with Crippen molar-refractivity contribution in [2.45, 2.75) is 26.2 Å². The standard InChI is InChI=1S/C13H18N2O2S/c1-13(2,3)9-4-6-10(7-5-9)17-8-11(16)15-12(14)18/h4-7H,8H2,1-3H3,(H3,14,15,16,18). The van der Waals surface area contributed by atoms with Gasteiger partial charge in [0.2, 0.25) is 0 Å². The van der Waals surface area contributed by atoms with E-state index in [9.17, 15) is 4.79 Å². The molecule has 0 radical (unpaired) electrons. The maximum absolute atomic E-state index is 11.2. The van der Waals surface area contributed by atoms with Gasteiger partial charge in [-0.25, -0.2) is 0 Å². The molecule has 3 N–H and O–H groups in total. The van der Waals surface area contributed by atoms with E-state index in [-0.39, 0.29) is 23.0 Å².